The van der Waals surface area contributed by atoms with Gasteiger partial charge in [-0.2, -0.15) is 0 Å². The quantitative estimate of drug-likeness (QED) is 0.573. The summed E-state index contributed by atoms with van der Waals surface area (Å²) >= 11 is 1.44. The highest BCUT2D eigenvalue weighted by Gasteiger charge is 2.42. The molecule has 4 heterocycles. The second-order valence-corrected chi connectivity index (χ2v) is 9.81. The highest BCUT2D eigenvalue weighted by atomic mass is 32.2. The van der Waals surface area contributed by atoms with Crippen LogP contribution in [0.5, 0.6) is 5.75 Å². The zero-order chi connectivity index (χ0) is 23.6. The average Bonchev–Trinajstić information content (AvgIpc) is 3.18. The molecule has 6 rings (SSSR count). The minimum atomic E-state index is -0.904. The number of aromatic nitrogens is 1. The molecule has 2 atom stereocenters. The summed E-state index contributed by atoms with van der Waals surface area (Å²) < 4.78 is 30.8. The smallest absolute Gasteiger partial charge is 0.276 e. The minimum absolute atomic E-state index is 0.101. The standard InChI is InChI=1S/C25H21F2N3O3S/c26-18-8-7-15-17(21(18)27)13-34-20-6-2-1-5-16(20)22(15)30-12-14-4-3-10-28(14)25(33)23-24(32)19(31)9-11-29(23)30/h1-2,5-9,11,14,22,32H,3-4,10,12-13H2/t14-,22?/m1/s1. The molecule has 0 saturated carbocycles. The van der Waals surface area contributed by atoms with Gasteiger partial charge in [-0.05, 0) is 36.1 Å². The van der Waals surface area contributed by atoms with Gasteiger partial charge in [0.05, 0.1) is 18.6 Å². The van der Waals surface area contributed by atoms with Gasteiger partial charge in [0.2, 0.25) is 5.43 Å². The fourth-order valence-corrected chi connectivity index (χ4v) is 6.49. The van der Waals surface area contributed by atoms with E-state index in [4.69, 9.17) is 0 Å². The Bertz CT molecular complexity index is 1390. The number of hydrogen-bond donors (Lipinski definition) is 1. The number of carbonyl (C=O) groups excluding carboxylic acids is 1. The van der Waals surface area contributed by atoms with Crippen LogP contribution in [0.4, 0.5) is 8.78 Å². The van der Waals surface area contributed by atoms with Crippen molar-refractivity contribution in [3.63, 3.8) is 0 Å². The summed E-state index contributed by atoms with van der Waals surface area (Å²) in [6, 6.07) is 10.9. The number of hydrogen-bond acceptors (Lipinski definition) is 5. The van der Waals surface area contributed by atoms with Crippen LogP contribution in [0.15, 0.2) is 58.4 Å². The third kappa shape index (κ3) is 3.06. The van der Waals surface area contributed by atoms with Gasteiger partial charge in [-0.1, -0.05) is 24.3 Å². The van der Waals surface area contributed by atoms with E-state index in [9.17, 15) is 19.1 Å². The first-order valence-corrected chi connectivity index (χ1v) is 12.1. The maximum Gasteiger partial charge on any atom is 0.276 e. The van der Waals surface area contributed by atoms with Crippen molar-refractivity contribution in [2.75, 3.05) is 18.1 Å². The second kappa shape index (κ2) is 7.87. The number of carbonyl (C=O) groups is 1. The summed E-state index contributed by atoms with van der Waals surface area (Å²) in [6.07, 6.45) is 3.07. The van der Waals surface area contributed by atoms with Gasteiger partial charge < -0.3 is 10.0 Å². The monoisotopic (exact) mass is 481 g/mol. The molecule has 1 N–H and O–H groups in total. The molecule has 34 heavy (non-hydrogen) atoms. The molecular weight excluding hydrogens is 460 g/mol. The molecule has 3 aliphatic rings. The number of nitrogens with zero attached hydrogens (tertiary/aromatic N) is 3. The van der Waals surface area contributed by atoms with E-state index in [1.807, 2.05) is 29.3 Å². The molecule has 1 amide bonds. The van der Waals surface area contributed by atoms with Crippen LogP contribution in [0.1, 0.15) is 46.1 Å². The Morgan fingerprint density at radius 3 is 2.71 bits per heavy atom. The van der Waals surface area contributed by atoms with Crippen LogP contribution in [0.3, 0.4) is 0 Å². The SMILES string of the molecule is O=C1c2c(O)c(=O)ccn2N(C2c3ccccc3SCc3c2ccc(F)c3F)C[C@H]2CCCN12. The lowest BCUT2D eigenvalue weighted by Crippen LogP contribution is -2.45. The number of thioether (sulfide) groups is 1. The van der Waals surface area contributed by atoms with Gasteiger partial charge in [0.1, 0.15) is 0 Å². The molecule has 0 radical (unpaired) electrons. The summed E-state index contributed by atoms with van der Waals surface area (Å²) in [6.45, 7) is 0.941. The predicted molar refractivity (Wildman–Crippen MR) is 124 cm³/mol. The fraction of sp³-hybridized carbons (Fsp3) is 0.280. The van der Waals surface area contributed by atoms with Crippen molar-refractivity contribution in [3.05, 3.63) is 92.9 Å². The topological polar surface area (TPSA) is 65.8 Å². The molecule has 0 spiro atoms. The Morgan fingerprint density at radius 1 is 1.03 bits per heavy atom. The summed E-state index contributed by atoms with van der Waals surface area (Å²) in [5.74, 6) is -2.52. The number of halogens is 2. The number of fused-ring (bicyclic) bond motifs is 4. The fourth-order valence-electron chi connectivity index (χ4n) is 5.38. The van der Waals surface area contributed by atoms with E-state index in [1.54, 1.807) is 11.0 Å². The van der Waals surface area contributed by atoms with Crippen molar-refractivity contribution in [2.24, 2.45) is 0 Å². The minimum Gasteiger partial charge on any atom is -0.502 e. The van der Waals surface area contributed by atoms with Gasteiger partial charge in [-0.25, -0.2) is 8.78 Å². The number of aromatic hydroxyl groups is 1. The van der Waals surface area contributed by atoms with E-state index in [-0.39, 0.29) is 23.1 Å². The Kier molecular flexibility index (Phi) is 4.91. The molecule has 3 aromatic rings. The molecule has 9 heteroatoms. The van der Waals surface area contributed by atoms with Gasteiger partial charge in [-0.3, -0.25) is 19.3 Å². The zero-order valence-corrected chi connectivity index (χ0v) is 18.9. The van der Waals surface area contributed by atoms with Crippen molar-refractivity contribution in [3.8, 4) is 5.75 Å². The van der Waals surface area contributed by atoms with Crippen molar-refractivity contribution in [1.82, 2.24) is 9.58 Å². The first-order chi connectivity index (χ1) is 16.5. The lowest BCUT2D eigenvalue weighted by Gasteiger charge is -2.37. The number of amides is 1. The molecular formula is C25H21F2N3O3S. The lowest BCUT2D eigenvalue weighted by molar-refractivity contribution is 0.0741. The molecule has 6 nitrogen and oxygen atoms in total. The molecule has 3 aliphatic heterocycles. The highest BCUT2D eigenvalue weighted by Crippen LogP contribution is 2.44. The molecule has 0 aliphatic carbocycles. The summed E-state index contributed by atoms with van der Waals surface area (Å²) in [7, 11) is 0. The van der Waals surface area contributed by atoms with Gasteiger partial charge in [0.25, 0.3) is 5.91 Å². The van der Waals surface area contributed by atoms with Gasteiger partial charge in [0, 0.05) is 35.0 Å². The first kappa shape index (κ1) is 21.2. The van der Waals surface area contributed by atoms with Crippen molar-refractivity contribution in [2.45, 2.75) is 35.6 Å². The summed E-state index contributed by atoms with van der Waals surface area (Å²) in [5.41, 5.74) is 1.02. The third-order valence-corrected chi connectivity index (χ3v) is 8.10. The van der Waals surface area contributed by atoms with Crippen molar-refractivity contribution < 1.29 is 18.7 Å². The van der Waals surface area contributed by atoms with E-state index < -0.39 is 34.8 Å². The first-order valence-electron chi connectivity index (χ1n) is 11.2. The summed E-state index contributed by atoms with van der Waals surface area (Å²) in [5, 5.41) is 12.6. The normalized spacial score (nSPS) is 21.3. The van der Waals surface area contributed by atoms with Gasteiger partial charge >= 0.3 is 0 Å². The van der Waals surface area contributed by atoms with Crippen LogP contribution in [0.25, 0.3) is 0 Å². The van der Waals surface area contributed by atoms with E-state index in [2.05, 4.69) is 0 Å². The van der Waals surface area contributed by atoms with Crippen molar-refractivity contribution >= 4 is 17.7 Å². The van der Waals surface area contributed by atoms with E-state index >= 15 is 4.39 Å². The Hall–Kier alpha value is -3.33. The summed E-state index contributed by atoms with van der Waals surface area (Å²) in [4.78, 5) is 28.4. The van der Waals surface area contributed by atoms with E-state index in [1.165, 1.54) is 28.7 Å². The van der Waals surface area contributed by atoms with Crippen LogP contribution in [0, 0.1) is 11.6 Å². The molecule has 1 saturated heterocycles. The molecule has 1 aromatic heterocycles. The van der Waals surface area contributed by atoms with Crippen LogP contribution >= 0.6 is 11.8 Å². The maximum atomic E-state index is 15.0. The Balaban J connectivity index is 1.65. The third-order valence-electron chi connectivity index (χ3n) is 6.98. The number of benzene rings is 2. The van der Waals surface area contributed by atoms with Gasteiger partial charge in [0.15, 0.2) is 23.1 Å². The molecule has 174 valence electrons. The average molecular weight is 482 g/mol. The lowest BCUT2D eigenvalue weighted by atomic mass is 9.93. The highest BCUT2D eigenvalue weighted by molar-refractivity contribution is 7.98. The van der Waals surface area contributed by atoms with Crippen LogP contribution in [-0.2, 0) is 5.75 Å². The van der Waals surface area contributed by atoms with Crippen molar-refractivity contribution in [1.29, 1.82) is 0 Å². The Labute approximate surface area is 198 Å². The second-order valence-electron chi connectivity index (χ2n) is 8.80. The van der Waals surface area contributed by atoms with Gasteiger partial charge in [-0.15, -0.1) is 11.8 Å². The van der Waals surface area contributed by atoms with Crippen LogP contribution in [0.2, 0.25) is 0 Å². The van der Waals surface area contributed by atoms with E-state index in [0.717, 1.165) is 29.4 Å². The van der Waals surface area contributed by atoms with Crippen LogP contribution < -0.4 is 10.4 Å². The number of rotatable bonds is 1. The zero-order valence-electron chi connectivity index (χ0n) is 18.1. The Morgan fingerprint density at radius 2 is 1.85 bits per heavy atom. The number of pyridine rings is 1. The predicted octanol–water partition coefficient (Wildman–Crippen LogP) is 3.78. The molecule has 0 bridgehead atoms. The molecule has 2 aromatic carbocycles. The molecule has 1 fully saturated rings. The van der Waals surface area contributed by atoms with E-state index in [0.29, 0.717) is 18.7 Å². The molecule has 1 unspecified atom stereocenters. The maximum absolute atomic E-state index is 15.0. The van der Waals surface area contributed by atoms with Crippen LogP contribution in [-0.4, -0.2) is 39.7 Å². The largest absolute Gasteiger partial charge is 0.502 e.